The number of thiazole rings is 1. The normalized spacial score (nSPS) is 14.8. The quantitative estimate of drug-likeness (QED) is 0.435. The Hall–Kier alpha value is -3.59. The highest BCUT2D eigenvalue weighted by atomic mass is 32.1. The second-order valence-corrected chi connectivity index (χ2v) is 9.08. The van der Waals surface area contributed by atoms with E-state index in [0.29, 0.717) is 5.82 Å². The molecule has 5 aromatic rings. The van der Waals surface area contributed by atoms with Crippen LogP contribution in [0.3, 0.4) is 0 Å². The van der Waals surface area contributed by atoms with E-state index in [-0.39, 0.29) is 17.6 Å². The lowest BCUT2D eigenvalue weighted by Gasteiger charge is -2.21. The summed E-state index contributed by atoms with van der Waals surface area (Å²) < 4.78 is 3.73. The molecule has 4 heterocycles. The van der Waals surface area contributed by atoms with Crippen LogP contribution in [-0.2, 0) is 7.05 Å². The van der Waals surface area contributed by atoms with Crippen LogP contribution in [0.15, 0.2) is 53.3 Å². The summed E-state index contributed by atoms with van der Waals surface area (Å²) in [6.45, 7) is 2.06. The lowest BCUT2D eigenvalue weighted by atomic mass is 10.00. The molecular formula is C23H21N7OS. The first kappa shape index (κ1) is 19.1. The molecule has 6 rings (SSSR count). The molecule has 1 aromatic carbocycles. The molecule has 160 valence electrons. The average molecular weight is 444 g/mol. The Balaban J connectivity index is 1.51. The molecule has 1 saturated carbocycles. The molecule has 0 saturated heterocycles. The SMILES string of the molecule is CC(Nc1ncnc2scnc12)c1cc2cccc(-c3cnn(C)c3)c2c(=O)n1C1CC1. The van der Waals surface area contributed by atoms with Crippen molar-refractivity contribution < 1.29 is 0 Å². The van der Waals surface area contributed by atoms with Gasteiger partial charge in [-0.05, 0) is 36.8 Å². The van der Waals surface area contributed by atoms with Gasteiger partial charge in [-0.2, -0.15) is 5.10 Å². The number of fused-ring (bicyclic) bond motifs is 2. The number of nitrogens with zero attached hydrogens (tertiary/aromatic N) is 6. The van der Waals surface area contributed by atoms with Gasteiger partial charge in [0, 0.05) is 30.5 Å². The maximum atomic E-state index is 13.8. The number of aromatic nitrogens is 6. The predicted octanol–water partition coefficient (Wildman–Crippen LogP) is 4.31. The average Bonchev–Trinajstić information content (AvgIpc) is 3.33. The predicted molar refractivity (Wildman–Crippen MR) is 126 cm³/mol. The van der Waals surface area contributed by atoms with Gasteiger partial charge in [0.2, 0.25) is 0 Å². The summed E-state index contributed by atoms with van der Waals surface area (Å²) in [6.07, 6.45) is 7.34. The molecule has 0 spiro atoms. The van der Waals surface area contributed by atoms with Crippen molar-refractivity contribution in [1.82, 2.24) is 29.3 Å². The van der Waals surface area contributed by atoms with Crippen molar-refractivity contribution in [2.75, 3.05) is 5.32 Å². The third-order valence-corrected chi connectivity index (χ3v) is 6.70. The van der Waals surface area contributed by atoms with E-state index in [2.05, 4.69) is 38.4 Å². The molecule has 1 unspecified atom stereocenters. The monoisotopic (exact) mass is 443 g/mol. The highest BCUT2D eigenvalue weighted by Crippen LogP contribution is 2.38. The fourth-order valence-corrected chi connectivity index (χ4v) is 4.95. The van der Waals surface area contributed by atoms with E-state index in [0.717, 1.165) is 50.8 Å². The largest absolute Gasteiger partial charge is 0.360 e. The van der Waals surface area contributed by atoms with Crippen molar-refractivity contribution in [3.05, 3.63) is 64.5 Å². The molecule has 1 fully saturated rings. The summed E-state index contributed by atoms with van der Waals surface area (Å²) >= 11 is 1.48. The summed E-state index contributed by atoms with van der Waals surface area (Å²) in [5, 5.41) is 9.44. The highest BCUT2D eigenvalue weighted by molar-refractivity contribution is 7.16. The van der Waals surface area contributed by atoms with Gasteiger partial charge in [0.05, 0.1) is 23.1 Å². The first-order valence-corrected chi connectivity index (χ1v) is 11.5. The molecule has 0 bridgehead atoms. The van der Waals surface area contributed by atoms with Crippen molar-refractivity contribution in [3.8, 4) is 11.1 Å². The smallest absolute Gasteiger partial charge is 0.259 e. The van der Waals surface area contributed by atoms with Gasteiger partial charge >= 0.3 is 0 Å². The van der Waals surface area contributed by atoms with Crippen LogP contribution in [0.4, 0.5) is 5.82 Å². The van der Waals surface area contributed by atoms with Crippen molar-refractivity contribution >= 4 is 38.3 Å². The number of hydrogen-bond acceptors (Lipinski definition) is 7. The number of hydrogen-bond donors (Lipinski definition) is 1. The molecular weight excluding hydrogens is 422 g/mol. The number of rotatable bonds is 5. The maximum Gasteiger partial charge on any atom is 0.259 e. The fraction of sp³-hybridized carbons (Fsp3) is 0.261. The van der Waals surface area contributed by atoms with Crippen LogP contribution in [-0.4, -0.2) is 29.3 Å². The first-order valence-electron chi connectivity index (χ1n) is 10.6. The summed E-state index contributed by atoms with van der Waals surface area (Å²) in [5.74, 6) is 0.683. The number of aryl methyl sites for hydroxylation is 1. The second-order valence-electron chi connectivity index (χ2n) is 8.24. The fourth-order valence-electron chi connectivity index (χ4n) is 4.32. The van der Waals surface area contributed by atoms with E-state index in [1.54, 1.807) is 16.5 Å². The molecule has 1 N–H and O–H groups in total. The van der Waals surface area contributed by atoms with E-state index in [1.165, 1.54) is 11.3 Å². The number of pyridine rings is 1. The van der Waals surface area contributed by atoms with Gasteiger partial charge < -0.3 is 9.88 Å². The topological polar surface area (TPSA) is 90.5 Å². The second kappa shape index (κ2) is 7.23. The Kier molecular flexibility index (Phi) is 4.32. The van der Waals surface area contributed by atoms with Crippen molar-refractivity contribution in [2.45, 2.75) is 31.8 Å². The van der Waals surface area contributed by atoms with Crippen molar-refractivity contribution in [3.63, 3.8) is 0 Å². The van der Waals surface area contributed by atoms with Crippen LogP contribution < -0.4 is 10.9 Å². The Morgan fingerprint density at radius 1 is 1.22 bits per heavy atom. The molecule has 0 radical (unpaired) electrons. The molecule has 0 aliphatic heterocycles. The zero-order chi connectivity index (χ0) is 21.8. The first-order chi connectivity index (χ1) is 15.6. The molecule has 0 amide bonds. The van der Waals surface area contributed by atoms with Gasteiger partial charge in [-0.3, -0.25) is 9.48 Å². The van der Waals surface area contributed by atoms with Crippen LogP contribution in [0.5, 0.6) is 0 Å². The minimum Gasteiger partial charge on any atom is -0.360 e. The van der Waals surface area contributed by atoms with Crippen LogP contribution in [0, 0.1) is 0 Å². The van der Waals surface area contributed by atoms with Crippen molar-refractivity contribution in [1.29, 1.82) is 0 Å². The van der Waals surface area contributed by atoms with E-state index >= 15 is 0 Å². The van der Waals surface area contributed by atoms with Crippen molar-refractivity contribution in [2.24, 2.45) is 7.05 Å². The lowest BCUT2D eigenvalue weighted by Crippen LogP contribution is -2.26. The Labute approximate surface area is 187 Å². The van der Waals surface area contributed by atoms with Crippen LogP contribution >= 0.6 is 11.3 Å². The zero-order valence-corrected chi connectivity index (χ0v) is 18.5. The molecule has 32 heavy (non-hydrogen) atoms. The van der Waals surface area contributed by atoms with E-state index < -0.39 is 0 Å². The number of nitrogens with one attached hydrogen (secondary N) is 1. The molecule has 1 atom stereocenters. The van der Waals surface area contributed by atoms with Gasteiger partial charge in [-0.1, -0.05) is 18.2 Å². The van der Waals surface area contributed by atoms with E-state index in [4.69, 9.17) is 0 Å². The van der Waals surface area contributed by atoms with Crippen LogP contribution in [0.2, 0.25) is 0 Å². The molecule has 4 aromatic heterocycles. The van der Waals surface area contributed by atoms with Gasteiger partial charge in [0.1, 0.15) is 16.7 Å². The summed E-state index contributed by atoms with van der Waals surface area (Å²) in [4.78, 5) is 27.8. The van der Waals surface area contributed by atoms with Crippen LogP contribution in [0.25, 0.3) is 32.2 Å². The highest BCUT2D eigenvalue weighted by Gasteiger charge is 2.30. The summed E-state index contributed by atoms with van der Waals surface area (Å²) in [7, 11) is 1.88. The zero-order valence-electron chi connectivity index (χ0n) is 17.7. The molecule has 8 nitrogen and oxygen atoms in total. The van der Waals surface area contributed by atoms with E-state index in [9.17, 15) is 4.79 Å². The standard InChI is InChI=1S/C23H21N7OS/c1-13(28-21-20-22(25-11-24-21)32-12-26-20)18-8-14-4-3-5-17(15-9-27-29(2)10-15)19(14)23(31)30(18)16-6-7-16/h3-5,8-13,16H,6-7H2,1-2H3,(H,24,25,28). The third kappa shape index (κ3) is 3.08. The molecule has 1 aliphatic rings. The van der Waals surface area contributed by atoms with Gasteiger partial charge in [0.25, 0.3) is 5.56 Å². The Bertz CT molecular complexity index is 1530. The Morgan fingerprint density at radius 3 is 2.88 bits per heavy atom. The minimum atomic E-state index is -0.130. The third-order valence-electron chi connectivity index (χ3n) is 5.97. The van der Waals surface area contributed by atoms with Gasteiger partial charge in [0.15, 0.2) is 5.82 Å². The Morgan fingerprint density at radius 2 is 2.09 bits per heavy atom. The van der Waals surface area contributed by atoms with Crippen LogP contribution in [0.1, 0.15) is 37.5 Å². The number of anilines is 1. The summed E-state index contributed by atoms with van der Waals surface area (Å²) in [6, 6.07) is 8.24. The number of benzene rings is 1. The van der Waals surface area contributed by atoms with Gasteiger partial charge in [-0.25, -0.2) is 15.0 Å². The van der Waals surface area contributed by atoms with E-state index in [1.807, 2.05) is 42.2 Å². The molecule has 1 aliphatic carbocycles. The van der Waals surface area contributed by atoms with Gasteiger partial charge in [-0.15, -0.1) is 11.3 Å². The summed E-state index contributed by atoms with van der Waals surface area (Å²) in [5.41, 5.74) is 5.39. The lowest BCUT2D eigenvalue weighted by molar-refractivity contribution is 0.636. The minimum absolute atomic E-state index is 0.0506. The molecule has 9 heteroatoms. The maximum absolute atomic E-state index is 13.8.